The second kappa shape index (κ2) is 4.27. The van der Waals surface area contributed by atoms with Gasteiger partial charge in [0.25, 0.3) is 0 Å². The third-order valence-corrected chi connectivity index (χ3v) is 3.16. The molecule has 0 aliphatic carbocycles. The largest absolute Gasteiger partial charge is 0.298 e. The number of benzene rings is 1. The average Bonchev–Trinajstić information content (AvgIpc) is 2.16. The molecule has 0 fully saturated rings. The lowest BCUT2D eigenvalue weighted by Gasteiger charge is -2.20. The molecule has 0 unspecified atom stereocenters. The van der Waals surface area contributed by atoms with Crippen LogP contribution in [0.3, 0.4) is 0 Å². The Balaban J connectivity index is 3.46. The van der Waals surface area contributed by atoms with Gasteiger partial charge >= 0.3 is 0 Å². The van der Waals surface area contributed by atoms with Crippen molar-refractivity contribution in [3.05, 3.63) is 33.3 Å². The minimum atomic E-state index is -0.0732. The fourth-order valence-corrected chi connectivity index (χ4v) is 1.69. The lowest BCUT2D eigenvalue weighted by molar-refractivity contribution is 0.112. The highest BCUT2D eigenvalue weighted by Crippen LogP contribution is 2.28. The SMILES string of the molecule is CC(C)(C)c1cc(C=O)c(Br)c(C=O)c1. The van der Waals surface area contributed by atoms with E-state index in [4.69, 9.17) is 0 Å². The van der Waals surface area contributed by atoms with Crippen molar-refractivity contribution in [2.24, 2.45) is 0 Å². The molecule has 0 saturated heterocycles. The maximum Gasteiger partial charge on any atom is 0.151 e. The van der Waals surface area contributed by atoms with Crippen molar-refractivity contribution in [1.82, 2.24) is 0 Å². The molecule has 2 nitrogen and oxygen atoms in total. The second-order valence-corrected chi connectivity index (χ2v) is 5.25. The van der Waals surface area contributed by atoms with E-state index >= 15 is 0 Å². The summed E-state index contributed by atoms with van der Waals surface area (Å²) in [4.78, 5) is 21.7. The Labute approximate surface area is 97.8 Å². The summed E-state index contributed by atoms with van der Waals surface area (Å²) in [7, 11) is 0. The molecular weight excluding hydrogens is 256 g/mol. The Morgan fingerprint density at radius 3 is 1.73 bits per heavy atom. The molecule has 1 aromatic carbocycles. The summed E-state index contributed by atoms with van der Waals surface area (Å²) in [6, 6.07) is 3.62. The van der Waals surface area contributed by atoms with Gasteiger partial charge in [0.1, 0.15) is 0 Å². The first-order valence-corrected chi connectivity index (χ1v) is 5.44. The summed E-state index contributed by atoms with van der Waals surface area (Å²) in [6.07, 6.45) is 1.51. The summed E-state index contributed by atoms with van der Waals surface area (Å²) in [6.45, 7) is 6.12. The predicted octanol–water partition coefficient (Wildman–Crippen LogP) is 3.37. The molecule has 0 N–H and O–H groups in total. The van der Waals surface area contributed by atoms with E-state index in [1.54, 1.807) is 0 Å². The van der Waals surface area contributed by atoms with Gasteiger partial charge < -0.3 is 0 Å². The molecule has 1 aromatic rings. The monoisotopic (exact) mass is 268 g/mol. The van der Waals surface area contributed by atoms with Gasteiger partial charge in [0, 0.05) is 15.6 Å². The number of aldehydes is 2. The highest BCUT2D eigenvalue weighted by atomic mass is 79.9. The second-order valence-electron chi connectivity index (χ2n) is 4.45. The molecule has 15 heavy (non-hydrogen) atoms. The lowest BCUT2D eigenvalue weighted by Crippen LogP contribution is -2.12. The van der Waals surface area contributed by atoms with Crippen LogP contribution < -0.4 is 0 Å². The Hall–Kier alpha value is -0.960. The zero-order chi connectivity index (χ0) is 11.6. The fourth-order valence-electron chi connectivity index (χ4n) is 1.27. The molecule has 0 radical (unpaired) electrons. The van der Waals surface area contributed by atoms with Crippen molar-refractivity contribution >= 4 is 28.5 Å². The first-order valence-electron chi connectivity index (χ1n) is 4.64. The highest BCUT2D eigenvalue weighted by Gasteiger charge is 2.17. The van der Waals surface area contributed by atoms with E-state index in [1.165, 1.54) is 0 Å². The molecule has 0 spiro atoms. The number of hydrogen-bond donors (Lipinski definition) is 0. The number of carbonyl (C=O) groups excluding carboxylic acids is 2. The van der Waals surface area contributed by atoms with Gasteiger partial charge in [-0.1, -0.05) is 20.8 Å². The molecule has 0 heterocycles. The molecule has 0 aliphatic heterocycles. The van der Waals surface area contributed by atoms with Gasteiger partial charge in [-0.2, -0.15) is 0 Å². The Morgan fingerprint density at radius 1 is 1.07 bits per heavy atom. The number of carbonyl (C=O) groups is 2. The van der Waals surface area contributed by atoms with Crippen molar-refractivity contribution in [2.75, 3.05) is 0 Å². The van der Waals surface area contributed by atoms with Gasteiger partial charge in [-0.15, -0.1) is 0 Å². The number of rotatable bonds is 2. The van der Waals surface area contributed by atoms with Crippen molar-refractivity contribution < 1.29 is 9.59 Å². The van der Waals surface area contributed by atoms with Gasteiger partial charge in [-0.25, -0.2) is 0 Å². The average molecular weight is 269 g/mol. The molecule has 0 aromatic heterocycles. The van der Waals surface area contributed by atoms with Crippen LogP contribution in [-0.4, -0.2) is 12.6 Å². The van der Waals surface area contributed by atoms with Crippen LogP contribution in [0, 0.1) is 0 Å². The predicted molar refractivity (Wildman–Crippen MR) is 63.6 cm³/mol. The lowest BCUT2D eigenvalue weighted by atomic mass is 9.85. The first-order chi connectivity index (χ1) is 6.90. The highest BCUT2D eigenvalue weighted by molar-refractivity contribution is 9.10. The molecule has 1 rings (SSSR count). The number of hydrogen-bond acceptors (Lipinski definition) is 2. The molecule has 3 heteroatoms. The zero-order valence-electron chi connectivity index (χ0n) is 9.00. The molecule has 0 saturated carbocycles. The molecule has 80 valence electrons. The van der Waals surface area contributed by atoms with E-state index < -0.39 is 0 Å². The number of halogens is 1. The maximum absolute atomic E-state index is 10.8. The normalized spacial score (nSPS) is 11.2. The third kappa shape index (κ3) is 2.53. The molecule has 0 aliphatic rings. The molecular formula is C12H13BrO2. The maximum atomic E-state index is 10.8. The minimum Gasteiger partial charge on any atom is -0.298 e. The van der Waals surface area contributed by atoms with Gasteiger partial charge in [0.15, 0.2) is 12.6 Å². The summed E-state index contributed by atoms with van der Waals surface area (Å²) >= 11 is 3.24. The Kier molecular flexibility index (Phi) is 3.45. The summed E-state index contributed by atoms with van der Waals surface area (Å²) in [5.41, 5.74) is 1.94. The summed E-state index contributed by atoms with van der Waals surface area (Å²) in [5, 5.41) is 0. The smallest absolute Gasteiger partial charge is 0.151 e. The van der Waals surface area contributed by atoms with Crippen LogP contribution >= 0.6 is 15.9 Å². The summed E-state index contributed by atoms with van der Waals surface area (Å²) < 4.78 is 0.570. The van der Waals surface area contributed by atoms with Crippen molar-refractivity contribution in [3.8, 4) is 0 Å². The van der Waals surface area contributed by atoms with E-state index in [9.17, 15) is 9.59 Å². The van der Waals surface area contributed by atoms with E-state index in [-0.39, 0.29) is 5.41 Å². The quantitative estimate of drug-likeness (QED) is 0.771. The van der Waals surface area contributed by atoms with E-state index in [2.05, 4.69) is 15.9 Å². The topological polar surface area (TPSA) is 34.1 Å². The van der Waals surface area contributed by atoms with Crippen LogP contribution in [0.15, 0.2) is 16.6 Å². The molecule has 0 bridgehead atoms. The molecule has 0 amide bonds. The van der Waals surface area contributed by atoms with Crippen LogP contribution in [0.25, 0.3) is 0 Å². The van der Waals surface area contributed by atoms with Crippen molar-refractivity contribution in [3.63, 3.8) is 0 Å². The standard InChI is InChI=1S/C12H13BrO2/c1-12(2,3)10-4-8(6-14)11(13)9(5-10)7-15/h4-7H,1-3H3. The van der Waals surface area contributed by atoms with Crippen LogP contribution in [-0.2, 0) is 5.41 Å². The van der Waals surface area contributed by atoms with E-state index in [0.29, 0.717) is 15.6 Å². The van der Waals surface area contributed by atoms with Gasteiger partial charge in [-0.3, -0.25) is 9.59 Å². The van der Waals surface area contributed by atoms with E-state index in [0.717, 1.165) is 18.1 Å². The van der Waals surface area contributed by atoms with Crippen LogP contribution in [0.4, 0.5) is 0 Å². The van der Waals surface area contributed by atoms with Crippen LogP contribution in [0.2, 0.25) is 0 Å². The third-order valence-electron chi connectivity index (χ3n) is 2.25. The zero-order valence-corrected chi connectivity index (χ0v) is 10.6. The van der Waals surface area contributed by atoms with Crippen molar-refractivity contribution in [2.45, 2.75) is 26.2 Å². The van der Waals surface area contributed by atoms with Crippen LogP contribution in [0.1, 0.15) is 47.1 Å². The van der Waals surface area contributed by atoms with Crippen molar-refractivity contribution in [1.29, 1.82) is 0 Å². The fraction of sp³-hybridized carbons (Fsp3) is 0.333. The Bertz CT molecular complexity index is 374. The van der Waals surface area contributed by atoms with E-state index in [1.807, 2.05) is 32.9 Å². The van der Waals surface area contributed by atoms with Gasteiger partial charge in [0.05, 0.1) is 0 Å². The van der Waals surface area contributed by atoms with Gasteiger partial charge in [-0.05, 0) is 39.0 Å². The molecule has 0 atom stereocenters. The van der Waals surface area contributed by atoms with Crippen LogP contribution in [0.5, 0.6) is 0 Å². The first kappa shape index (κ1) is 12.1. The van der Waals surface area contributed by atoms with Gasteiger partial charge in [0.2, 0.25) is 0 Å². The minimum absolute atomic E-state index is 0.0732. The Morgan fingerprint density at radius 2 is 1.47 bits per heavy atom. The summed E-state index contributed by atoms with van der Waals surface area (Å²) in [5.74, 6) is 0.